The van der Waals surface area contributed by atoms with Gasteiger partial charge in [0.15, 0.2) is 0 Å². The van der Waals surface area contributed by atoms with Crippen LogP contribution in [0.25, 0.3) is 0 Å². The lowest BCUT2D eigenvalue weighted by molar-refractivity contribution is -0.144. The maximum Gasteiger partial charge on any atom is 0.407 e. The number of hydrogen-bond donors (Lipinski definition) is 3. The minimum absolute atomic E-state index is 0.0254. The molecule has 12 heteroatoms. The van der Waals surface area contributed by atoms with Crippen LogP contribution in [0.15, 0.2) is 23.1 Å². The number of anilines is 1. The van der Waals surface area contributed by atoms with E-state index < -0.39 is 29.9 Å². The van der Waals surface area contributed by atoms with E-state index in [1.54, 1.807) is 4.90 Å². The summed E-state index contributed by atoms with van der Waals surface area (Å²) in [4.78, 5) is 53.2. The van der Waals surface area contributed by atoms with Crippen molar-refractivity contribution >= 4 is 23.8 Å². The molecule has 0 unspecified atom stereocenters. The summed E-state index contributed by atoms with van der Waals surface area (Å²) >= 11 is 0. The Balaban J connectivity index is 1.99. The van der Waals surface area contributed by atoms with Crippen molar-refractivity contribution in [1.29, 1.82) is 0 Å². The molecule has 2 aromatic rings. The zero-order valence-corrected chi connectivity index (χ0v) is 21.3. The third-order valence-electron chi connectivity index (χ3n) is 5.89. The first-order valence-corrected chi connectivity index (χ1v) is 11.9. The van der Waals surface area contributed by atoms with Gasteiger partial charge in [0.25, 0.3) is 5.91 Å². The van der Waals surface area contributed by atoms with Crippen LogP contribution in [0, 0.1) is 11.8 Å². The number of carboxylic acid groups (broad SMARTS) is 2. The van der Waals surface area contributed by atoms with Crippen molar-refractivity contribution in [3.05, 3.63) is 35.9 Å². The molecule has 196 valence electrons. The number of amides is 2. The standard InChI is InChI=1S/C24H34N6O6/c1-14(2)11-30(16-8-15(21(32)33)12-29(13-16)23(34)35)20(31)17-9-27-22(24(3,4)5)28-19(17)26-10-18-25-6-7-36-18/h6-7,9,14-16H,8,10-13H2,1-5H3,(H,32,33)(H,34,35)(H,26,27,28)/t15-,16+/m1/s1. The van der Waals surface area contributed by atoms with Crippen LogP contribution in [0.2, 0.25) is 0 Å². The van der Waals surface area contributed by atoms with E-state index in [1.165, 1.54) is 18.7 Å². The van der Waals surface area contributed by atoms with E-state index in [0.717, 1.165) is 4.90 Å². The van der Waals surface area contributed by atoms with Crippen molar-refractivity contribution in [3.8, 4) is 0 Å². The number of nitrogens with one attached hydrogen (secondary N) is 1. The molecule has 1 aliphatic heterocycles. The third-order valence-corrected chi connectivity index (χ3v) is 5.89. The van der Waals surface area contributed by atoms with E-state index in [0.29, 0.717) is 24.1 Å². The molecular weight excluding hydrogens is 468 g/mol. The first kappa shape index (κ1) is 26.9. The van der Waals surface area contributed by atoms with Gasteiger partial charge < -0.3 is 29.7 Å². The predicted octanol–water partition coefficient (Wildman–Crippen LogP) is 2.93. The molecule has 0 spiro atoms. The number of oxazole rings is 1. The molecule has 0 radical (unpaired) electrons. The summed E-state index contributed by atoms with van der Waals surface area (Å²) in [5.41, 5.74) is -0.173. The Hall–Kier alpha value is -3.70. The topological polar surface area (TPSA) is 162 Å². The number of carbonyl (C=O) groups is 3. The molecule has 0 aromatic carbocycles. The summed E-state index contributed by atoms with van der Waals surface area (Å²) in [6.07, 6.45) is 3.37. The molecule has 2 atom stereocenters. The number of piperidine rings is 1. The molecule has 1 saturated heterocycles. The zero-order chi connectivity index (χ0) is 26.6. The molecule has 12 nitrogen and oxygen atoms in total. The number of carbonyl (C=O) groups excluding carboxylic acids is 1. The van der Waals surface area contributed by atoms with Crippen molar-refractivity contribution in [2.45, 2.75) is 59.0 Å². The van der Waals surface area contributed by atoms with Gasteiger partial charge in [0.2, 0.25) is 5.89 Å². The highest BCUT2D eigenvalue weighted by atomic mass is 16.4. The normalized spacial score (nSPS) is 18.2. The van der Waals surface area contributed by atoms with Crippen molar-refractivity contribution in [2.24, 2.45) is 11.8 Å². The van der Waals surface area contributed by atoms with Crippen LogP contribution in [0.3, 0.4) is 0 Å². The quantitative estimate of drug-likeness (QED) is 0.489. The van der Waals surface area contributed by atoms with Gasteiger partial charge in [-0.25, -0.2) is 19.7 Å². The lowest BCUT2D eigenvalue weighted by Gasteiger charge is -2.41. The molecule has 1 aliphatic rings. The van der Waals surface area contributed by atoms with Gasteiger partial charge in [-0.15, -0.1) is 0 Å². The fourth-order valence-electron chi connectivity index (χ4n) is 4.11. The Morgan fingerprint density at radius 1 is 1.22 bits per heavy atom. The first-order chi connectivity index (χ1) is 16.9. The van der Waals surface area contributed by atoms with Crippen molar-refractivity contribution in [2.75, 3.05) is 25.0 Å². The Labute approximate surface area is 209 Å². The fourth-order valence-corrected chi connectivity index (χ4v) is 4.11. The minimum atomic E-state index is -1.21. The number of hydrogen-bond acceptors (Lipinski definition) is 8. The first-order valence-electron chi connectivity index (χ1n) is 11.9. The van der Waals surface area contributed by atoms with Crippen molar-refractivity contribution < 1.29 is 29.0 Å². The van der Waals surface area contributed by atoms with Crippen molar-refractivity contribution in [1.82, 2.24) is 24.8 Å². The average molecular weight is 503 g/mol. The summed E-state index contributed by atoms with van der Waals surface area (Å²) in [5.74, 6) is -1.11. The van der Waals surface area contributed by atoms with Crippen LogP contribution in [0.5, 0.6) is 0 Å². The number of rotatable bonds is 8. The number of likely N-dealkylation sites (tertiary alicyclic amines) is 1. The smallest absolute Gasteiger partial charge is 0.407 e. The summed E-state index contributed by atoms with van der Waals surface area (Å²) in [6, 6.07) is -0.618. The maximum absolute atomic E-state index is 13.9. The second kappa shape index (κ2) is 10.9. The molecule has 2 amide bonds. The van der Waals surface area contributed by atoms with Crippen LogP contribution < -0.4 is 5.32 Å². The molecular formula is C24H34N6O6. The SMILES string of the molecule is CC(C)CN(C(=O)c1cnc(C(C)(C)C)nc1NCc1ncco1)[C@H]1C[C@@H](C(=O)O)CN(C(=O)O)C1. The number of nitrogens with zero attached hydrogens (tertiary/aromatic N) is 5. The molecule has 36 heavy (non-hydrogen) atoms. The summed E-state index contributed by atoms with van der Waals surface area (Å²) < 4.78 is 5.29. The largest absolute Gasteiger partial charge is 0.481 e. The van der Waals surface area contributed by atoms with E-state index in [-0.39, 0.29) is 43.0 Å². The van der Waals surface area contributed by atoms with E-state index >= 15 is 0 Å². The van der Waals surface area contributed by atoms with Gasteiger partial charge in [-0.05, 0) is 12.3 Å². The van der Waals surface area contributed by atoms with Gasteiger partial charge in [0, 0.05) is 31.2 Å². The summed E-state index contributed by atoms with van der Waals surface area (Å²) in [5, 5.41) is 22.3. The van der Waals surface area contributed by atoms with Gasteiger partial charge >= 0.3 is 12.1 Å². The fraction of sp³-hybridized carbons (Fsp3) is 0.583. The lowest BCUT2D eigenvalue weighted by atomic mass is 9.92. The second-order valence-corrected chi connectivity index (χ2v) is 10.4. The third kappa shape index (κ3) is 6.49. The Morgan fingerprint density at radius 2 is 1.94 bits per heavy atom. The number of aliphatic carboxylic acids is 1. The summed E-state index contributed by atoms with van der Waals surface area (Å²) in [6.45, 7) is 10.2. The summed E-state index contributed by atoms with van der Waals surface area (Å²) in [7, 11) is 0. The van der Waals surface area contributed by atoms with Gasteiger partial charge in [0.1, 0.15) is 23.5 Å². The van der Waals surface area contributed by atoms with Crippen LogP contribution in [-0.4, -0.2) is 78.6 Å². The van der Waals surface area contributed by atoms with Crippen molar-refractivity contribution in [3.63, 3.8) is 0 Å². The maximum atomic E-state index is 13.9. The number of aromatic nitrogens is 3. The average Bonchev–Trinajstić information content (AvgIpc) is 3.33. The molecule has 3 heterocycles. The second-order valence-electron chi connectivity index (χ2n) is 10.4. The molecule has 2 aromatic heterocycles. The van der Waals surface area contributed by atoms with Gasteiger partial charge in [0.05, 0.1) is 24.7 Å². The monoisotopic (exact) mass is 502 g/mol. The van der Waals surface area contributed by atoms with E-state index in [9.17, 15) is 24.6 Å². The number of carboxylic acids is 1. The molecule has 3 N–H and O–H groups in total. The van der Waals surface area contributed by atoms with Gasteiger partial charge in [-0.2, -0.15) is 0 Å². The van der Waals surface area contributed by atoms with Gasteiger partial charge in [-0.3, -0.25) is 9.59 Å². The van der Waals surface area contributed by atoms with E-state index in [1.807, 2.05) is 34.6 Å². The predicted molar refractivity (Wildman–Crippen MR) is 130 cm³/mol. The van der Waals surface area contributed by atoms with Crippen LogP contribution >= 0.6 is 0 Å². The van der Waals surface area contributed by atoms with E-state index in [4.69, 9.17) is 4.42 Å². The lowest BCUT2D eigenvalue weighted by Crippen LogP contribution is -2.56. The van der Waals surface area contributed by atoms with E-state index in [2.05, 4.69) is 20.3 Å². The molecule has 1 fully saturated rings. The van der Waals surface area contributed by atoms with Crippen LogP contribution in [0.1, 0.15) is 63.1 Å². The Bertz CT molecular complexity index is 1060. The highest BCUT2D eigenvalue weighted by molar-refractivity contribution is 5.98. The molecule has 0 bridgehead atoms. The van der Waals surface area contributed by atoms with Crippen LogP contribution in [0.4, 0.5) is 10.6 Å². The minimum Gasteiger partial charge on any atom is -0.481 e. The highest BCUT2D eigenvalue weighted by Crippen LogP contribution is 2.27. The highest BCUT2D eigenvalue weighted by Gasteiger charge is 2.39. The Morgan fingerprint density at radius 3 is 2.50 bits per heavy atom. The Kier molecular flexibility index (Phi) is 8.16. The molecule has 3 rings (SSSR count). The van der Waals surface area contributed by atoms with Gasteiger partial charge in [-0.1, -0.05) is 34.6 Å². The zero-order valence-electron chi connectivity index (χ0n) is 21.3. The molecule has 0 aliphatic carbocycles. The molecule has 0 saturated carbocycles. The van der Waals surface area contributed by atoms with Crippen LogP contribution in [-0.2, 0) is 16.8 Å².